The van der Waals surface area contributed by atoms with Crippen LogP contribution in [-0.4, -0.2) is 40.2 Å². The third-order valence-electron chi connectivity index (χ3n) is 4.16. The van der Waals surface area contributed by atoms with Gasteiger partial charge < -0.3 is 16.0 Å². The number of alkyl halides is 3. The number of amides is 2. The van der Waals surface area contributed by atoms with Crippen LogP contribution in [0.3, 0.4) is 0 Å². The Hall–Kier alpha value is -3.60. The van der Waals surface area contributed by atoms with Crippen molar-refractivity contribution in [1.29, 1.82) is 0 Å². The van der Waals surface area contributed by atoms with E-state index in [0.717, 1.165) is 12.1 Å². The molecular weight excluding hydrogens is 437 g/mol. The van der Waals surface area contributed by atoms with Crippen LogP contribution in [0, 0.1) is 0 Å². The van der Waals surface area contributed by atoms with Crippen LogP contribution in [0.5, 0.6) is 0 Å². The second-order valence-electron chi connectivity index (χ2n) is 6.25. The van der Waals surface area contributed by atoms with Crippen LogP contribution >= 0.6 is 11.6 Å². The van der Waals surface area contributed by atoms with Crippen LogP contribution in [0.1, 0.15) is 15.9 Å². The molecule has 0 aliphatic carbocycles. The summed E-state index contributed by atoms with van der Waals surface area (Å²) in [6.07, 6.45) is -2.08. The van der Waals surface area contributed by atoms with Crippen molar-refractivity contribution in [3.05, 3.63) is 65.2 Å². The van der Waals surface area contributed by atoms with E-state index in [2.05, 4.69) is 26.0 Å². The fourth-order valence-electron chi connectivity index (χ4n) is 2.66. The lowest BCUT2D eigenvalue weighted by Crippen LogP contribution is -2.23. The van der Waals surface area contributed by atoms with Crippen LogP contribution in [0.4, 0.5) is 24.5 Å². The molecule has 12 heteroatoms. The van der Waals surface area contributed by atoms with Gasteiger partial charge in [-0.05, 0) is 36.4 Å². The average molecular weight is 453 g/mol. The first-order valence-corrected chi connectivity index (χ1v) is 9.18. The standard InChI is InChI=1S/C19H16ClF3N6O2/c1-24-18(31)11-2-4-13(20)14(6-11)26-8-17(30)28-15-7-12(19(21,22)23)3-5-16(15)29-10-25-9-27-29/h2-7,9-10,26H,8H2,1H3,(H,24,31)(H,28,30). The minimum atomic E-state index is -4.59. The zero-order chi connectivity index (χ0) is 22.6. The van der Waals surface area contributed by atoms with Crippen molar-refractivity contribution < 1.29 is 22.8 Å². The van der Waals surface area contributed by atoms with E-state index in [1.54, 1.807) is 0 Å². The van der Waals surface area contributed by atoms with Crippen molar-refractivity contribution in [3.63, 3.8) is 0 Å². The Morgan fingerprint density at radius 1 is 1.13 bits per heavy atom. The Balaban J connectivity index is 1.79. The molecule has 2 aromatic carbocycles. The number of rotatable bonds is 6. The molecule has 0 unspecified atom stereocenters. The lowest BCUT2D eigenvalue weighted by molar-refractivity contribution is -0.137. The first-order valence-electron chi connectivity index (χ1n) is 8.80. The molecule has 31 heavy (non-hydrogen) atoms. The number of carbonyl (C=O) groups excluding carboxylic acids is 2. The normalized spacial score (nSPS) is 11.1. The molecule has 1 aromatic heterocycles. The Bertz CT molecular complexity index is 1100. The van der Waals surface area contributed by atoms with E-state index in [4.69, 9.17) is 11.6 Å². The molecule has 2 amide bonds. The summed E-state index contributed by atoms with van der Waals surface area (Å²) in [7, 11) is 1.47. The molecule has 0 radical (unpaired) electrons. The summed E-state index contributed by atoms with van der Waals surface area (Å²) < 4.78 is 40.6. The fourth-order valence-corrected chi connectivity index (χ4v) is 2.85. The zero-order valence-electron chi connectivity index (χ0n) is 16.0. The van der Waals surface area contributed by atoms with E-state index >= 15 is 0 Å². The minimum Gasteiger partial charge on any atom is -0.375 e. The summed E-state index contributed by atoms with van der Waals surface area (Å²) in [5, 5.41) is 11.8. The predicted molar refractivity (Wildman–Crippen MR) is 108 cm³/mol. The van der Waals surface area contributed by atoms with E-state index in [1.165, 1.54) is 48.6 Å². The summed E-state index contributed by atoms with van der Waals surface area (Å²) >= 11 is 6.08. The molecular formula is C19H16ClF3N6O2. The zero-order valence-corrected chi connectivity index (χ0v) is 16.8. The monoisotopic (exact) mass is 452 g/mol. The molecule has 0 fully saturated rings. The first kappa shape index (κ1) is 22.1. The molecule has 8 nitrogen and oxygen atoms in total. The van der Waals surface area contributed by atoms with Gasteiger partial charge in [-0.25, -0.2) is 9.67 Å². The molecule has 3 aromatic rings. The summed E-state index contributed by atoms with van der Waals surface area (Å²) in [5.74, 6) is -0.979. The second-order valence-corrected chi connectivity index (χ2v) is 6.65. The average Bonchev–Trinajstić information content (AvgIpc) is 3.26. The quantitative estimate of drug-likeness (QED) is 0.532. The van der Waals surface area contributed by atoms with Crippen LogP contribution < -0.4 is 16.0 Å². The van der Waals surface area contributed by atoms with E-state index in [9.17, 15) is 22.8 Å². The van der Waals surface area contributed by atoms with Gasteiger partial charge in [0.1, 0.15) is 12.7 Å². The third-order valence-corrected chi connectivity index (χ3v) is 4.49. The first-order chi connectivity index (χ1) is 14.7. The number of nitrogens with one attached hydrogen (secondary N) is 3. The molecule has 0 bridgehead atoms. The maximum Gasteiger partial charge on any atom is 0.416 e. The number of hydrogen-bond donors (Lipinski definition) is 3. The Kier molecular flexibility index (Phi) is 6.44. The second kappa shape index (κ2) is 9.04. The summed E-state index contributed by atoms with van der Waals surface area (Å²) in [6.45, 7) is -0.316. The van der Waals surface area contributed by atoms with Gasteiger partial charge in [0.15, 0.2) is 0 Å². The number of nitrogens with zero attached hydrogens (tertiary/aromatic N) is 3. The number of aromatic nitrogens is 3. The molecule has 0 aliphatic rings. The molecule has 0 atom stereocenters. The predicted octanol–water partition coefficient (Wildman–Crippen LogP) is 3.35. The molecule has 1 heterocycles. The van der Waals surface area contributed by atoms with Gasteiger partial charge >= 0.3 is 6.18 Å². The van der Waals surface area contributed by atoms with Gasteiger partial charge in [0, 0.05) is 12.6 Å². The van der Waals surface area contributed by atoms with Crippen LogP contribution in [0.15, 0.2) is 49.1 Å². The van der Waals surface area contributed by atoms with Crippen LogP contribution in [-0.2, 0) is 11.0 Å². The van der Waals surface area contributed by atoms with Gasteiger partial charge in [-0.3, -0.25) is 9.59 Å². The third kappa shape index (κ3) is 5.31. The van der Waals surface area contributed by atoms with Gasteiger partial charge in [0.25, 0.3) is 5.91 Å². The van der Waals surface area contributed by atoms with Gasteiger partial charge in [0.05, 0.1) is 34.2 Å². The highest BCUT2D eigenvalue weighted by molar-refractivity contribution is 6.33. The number of hydrogen-bond acceptors (Lipinski definition) is 5. The van der Waals surface area contributed by atoms with E-state index in [-0.39, 0.29) is 28.8 Å². The highest BCUT2D eigenvalue weighted by Gasteiger charge is 2.31. The highest BCUT2D eigenvalue weighted by atomic mass is 35.5. The SMILES string of the molecule is CNC(=O)c1ccc(Cl)c(NCC(=O)Nc2cc(C(F)(F)F)ccc2-n2cncn2)c1. The van der Waals surface area contributed by atoms with Gasteiger partial charge in [-0.1, -0.05) is 11.6 Å². The van der Waals surface area contributed by atoms with Gasteiger partial charge in [0.2, 0.25) is 5.91 Å². The van der Waals surface area contributed by atoms with Crippen molar-refractivity contribution in [1.82, 2.24) is 20.1 Å². The number of benzene rings is 2. The van der Waals surface area contributed by atoms with Crippen LogP contribution in [0.2, 0.25) is 5.02 Å². The largest absolute Gasteiger partial charge is 0.416 e. The molecule has 0 saturated carbocycles. The summed E-state index contributed by atoms with van der Waals surface area (Å²) in [6, 6.07) is 7.34. The Labute approximate surface area is 179 Å². The smallest absolute Gasteiger partial charge is 0.375 e. The number of halogens is 4. The van der Waals surface area contributed by atoms with Crippen molar-refractivity contribution >= 4 is 34.8 Å². The Morgan fingerprint density at radius 2 is 1.90 bits per heavy atom. The van der Waals surface area contributed by atoms with Crippen molar-refractivity contribution in [2.24, 2.45) is 0 Å². The van der Waals surface area contributed by atoms with E-state index in [0.29, 0.717) is 11.3 Å². The van der Waals surface area contributed by atoms with Crippen molar-refractivity contribution in [3.8, 4) is 5.69 Å². The van der Waals surface area contributed by atoms with Crippen LogP contribution in [0.25, 0.3) is 5.69 Å². The van der Waals surface area contributed by atoms with E-state index in [1.807, 2.05) is 0 Å². The summed E-state index contributed by atoms with van der Waals surface area (Å²) in [5.41, 5.74) is -0.184. The van der Waals surface area contributed by atoms with E-state index < -0.39 is 17.6 Å². The molecule has 0 saturated heterocycles. The molecule has 0 aliphatic heterocycles. The van der Waals surface area contributed by atoms with Gasteiger partial charge in [-0.15, -0.1) is 0 Å². The lowest BCUT2D eigenvalue weighted by Gasteiger charge is -2.15. The fraction of sp³-hybridized carbons (Fsp3) is 0.158. The topological polar surface area (TPSA) is 101 Å². The van der Waals surface area contributed by atoms with Crippen molar-refractivity contribution in [2.45, 2.75) is 6.18 Å². The highest BCUT2D eigenvalue weighted by Crippen LogP contribution is 2.33. The number of carbonyl (C=O) groups is 2. The number of anilines is 2. The molecule has 0 spiro atoms. The van der Waals surface area contributed by atoms with Crippen molar-refractivity contribution in [2.75, 3.05) is 24.2 Å². The maximum atomic E-state index is 13.1. The Morgan fingerprint density at radius 3 is 2.55 bits per heavy atom. The summed E-state index contributed by atoms with van der Waals surface area (Å²) in [4.78, 5) is 27.9. The minimum absolute atomic E-state index is 0.0997. The molecule has 3 rings (SSSR count). The molecule has 3 N–H and O–H groups in total. The molecule has 162 valence electrons. The van der Waals surface area contributed by atoms with Gasteiger partial charge in [-0.2, -0.15) is 18.3 Å². The lowest BCUT2D eigenvalue weighted by atomic mass is 10.1. The maximum absolute atomic E-state index is 13.1.